The summed E-state index contributed by atoms with van der Waals surface area (Å²) in [5, 5.41) is 9.96. The molecule has 1 aromatic carbocycles. The summed E-state index contributed by atoms with van der Waals surface area (Å²) >= 11 is 6.25. The number of nitrogens with zero attached hydrogens (tertiary/aromatic N) is 1. The number of pyridine rings is 1. The zero-order chi connectivity index (χ0) is 23.8. The number of amides is 1. The van der Waals surface area contributed by atoms with Crippen molar-refractivity contribution in [3.05, 3.63) is 47.1 Å². The van der Waals surface area contributed by atoms with Crippen LogP contribution in [0.1, 0.15) is 59.4 Å². The molecule has 0 unspecified atom stereocenters. The predicted octanol–water partition coefficient (Wildman–Crippen LogP) is 6.34. The second-order valence-electron chi connectivity index (χ2n) is 9.90. The van der Waals surface area contributed by atoms with Gasteiger partial charge in [0.25, 0.3) is 0 Å². The Labute approximate surface area is 197 Å². The largest absolute Gasteiger partial charge is 0.386 e. The first-order valence-electron chi connectivity index (χ1n) is 11.1. The molecule has 3 N–H and O–H groups in total. The lowest BCUT2D eigenvalue weighted by Gasteiger charge is -2.34. The SMILES string of the molecule is CNc1cc(Cl)nc(NC(C)(C)CC(C)(C)C)c1NC(=O)CCCOCc1ccccc1. The standard InChI is InChI=1S/C25H37ClN4O2/c1-24(2,3)17-25(4,5)30-23-22(19(27-6)15-20(26)28-23)29-21(31)13-10-14-32-16-18-11-8-7-9-12-18/h7-9,11-12,15H,10,13-14,16-17H2,1-6H3,(H,29,31)(H2,27,28,30). The van der Waals surface area contributed by atoms with Crippen LogP contribution < -0.4 is 16.0 Å². The molecule has 0 fully saturated rings. The van der Waals surface area contributed by atoms with Crippen molar-refractivity contribution in [1.29, 1.82) is 0 Å². The van der Waals surface area contributed by atoms with E-state index in [0.29, 0.717) is 48.4 Å². The summed E-state index contributed by atoms with van der Waals surface area (Å²) in [5.74, 6) is 0.468. The number of nitrogens with one attached hydrogen (secondary N) is 3. The van der Waals surface area contributed by atoms with Crippen LogP contribution in [0.5, 0.6) is 0 Å². The lowest BCUT2D eigenvalue weighted by atomic mass is 9.82. The van der Waals surface area contributed by atoms with Gasteiger partial charge in [-0.1, -0.05) is 62.7 Å². The molecule has 6 nitrogen and oxygen atoms in total. The van der Waals surface area contributed by atoms with Gasteiger partial charge in [0.1, 0.15) is 10.8 Å². The van der Waals surface area contributed by atoms with E-state index in [1.165, 1.54) is 0 Å². The second-order valence-corrected chi connectivity index (χ2v) is 10.3. The first-order chi connectivity index (χ1) is 15.0. The van der Waals surface area contributed by atoms with E-state index < -0.39 is 0 Å². The maximum Gasteiger partial charge on any atom is 0.224 e. The Kier molecular flexibility index (Phi) is 9.34. The van der Waals surface area contributed by atoms with Crippen LogP contribution in [0.3, 0.4) is 0 Å². The molecule has 1 amide bonds. The van der Waals surface area contributed by atoms with Crippen molar-refractivity contribution in [1.82, 2.24) is 4.98 Å². The van der Waals surface area contributed by atoms with Gasteiger partial charge in [0.05, 0.1) is 12.3 Å². The Balaban J connectivity index is 2.00. The van der Waals surface area contributed by atoms with Gasteiger partial charge in [-0.25, -0.2) is 4.98 Å². The number of benzene rings is 1. The summed E-state index contributed by atoms with van der Waals surface area (Å²) in [4.78, 5) is 17.1. The minimum atomic E-state index is -0.244. The molecule has 32 heavy (non-hydrogen) atoms. The van der Waals surface area contributed by atoms with Crippen LogP contribution in [0.2, 0.25) is 5.15 Å². The van der Waals surface area contributed by atoms with Crippen molar-refractivity contribution in [2.45, 2.75) is 66.0 Å². The van der Waals surface area contributed by atoms with E-state index in [-0.39, 0.29) is 16.9 Å². The lowest BCUT2D eigenvalue weighted by Crippen LogP contribution is -2.36. The summed E-state index contributed by atoms with van der Waals surface area (Å²) in [6.45, 7) is 11.9. The molecular formula is C25H37ClN4O2. The number of hydrogen-bond donors (Lipinski definition) is 3. The van der Waals surface area contributed by atoms with Gasteiger partial charge in [0, 0.05) is 31.7 Å². The fraction of sp³-hybridized carbons (Fsp3) is 0.520. The fourth-order valence-electron chi connectivity index (χ4n) is 3.92. The zero-order valence-corrected chi connectivity index (χ0v) is 20.9. The highest BCUT2D eigenvalue weighted by molar-refractivity contribution is 6.30. The number of halogens is 1. The van der Waals surface area contributed by atoms with Crippen LogP contribution in [0.25, 0.3) is 0 Å². The number of aromatic nitrogens is 1. The van der Waals surface area contributed by atoms with E-state index >= 15 is 0 Å². The van der Waals surface area contributed by atoms with Crippen molar-refractivity contribution in [2.24, 2.45) is 5.41 Å². The number of anilines is 3. The third kappa shape index (κ3) is 9.05. The summed E-state index contributed by atoms with van der Waals surface area (Å²) in [6, 6.07) is 11.7. The molecule has 1 aromatic heterocycles. The molecule has 0 saturated carbocycles. The zero-order valence-electron chi connectivity index (χ0n) is 20.1. The van der Waals surface area contributed by atoms with Crippen LogP contribution in [-0.2, 0) is 16.1 Å². The second kappa shape index (κ2) is 11.5. The number of carbonyl (C=O) groups is 1. The minimum Gasteiger partial charge on any atom is -0.386 e. The van der Waals surface area contributed by atoms with Gasteiger partial charge in [-0.2, -0.15) is 0 Å². The number of ether oxygens (including phenoxy) is 1. The highest BCUT2D eigenvalue weighted by Gasteiger charge is 2.27. The third-order valence-electron chi connectivity index (χ3n) is 4.76. The molecule has 0 saturated heterocycles. The predicted molar refractivity (Wildman–Crippen MR) is 135 cm³/mol. The van der Waals surface area contributed by atoms with Crippen molar-refractivity contribution in [3.8, 4) is 0 Å². The third-order valence-corrected chi connectivity index (χ3v) is 4.95. The Hall–Kier alpha value is -2.31. The number of carbonyl (C=O) groups excluding carboxylic acids is 1. The molecule has 0 aliphatic heterocycles. The molecule has 176 valence electrons. The molecule has 0 radical (unpaired) electrons. The van der Waals surface area contributed by atoms with Gasteiger partial charge >= 0.3 is 0 Å². The Morgan fingerprint density at radius 2 is 1.81 bits per heavy atom. The molecule has 0 atom stereocenters. The molecule has 0 aliphatic carbocycles. The van der Waals surface area contributed by atoms with Gasteiger partial charge in [0.15, 0.2) is 5.82 Å². The van der Waals surface area contributed by atoms with Crippen LogP contribution in [-0.4, -0.2) is 30.1 Å². The first-order valence-corrected chi connectivity index (χ1v) is 11.4. The van der Waals surface area contributed by atoms with Gasteiger partial charge in [-0.15, -0.1) is 0 Å². The molecule has 7 heteroatoms. The smallest absolute Gasteiger partial charge is 0.224 e. The van der Waals surface area contributed by atoms with Gasteiger partial charge in [-0.05, 0) is 37.7 Å². The molecular weight excluding hydrogens is 424 g/mol. The van der Waals surface area contributed by atoms with E-state index in [1.807, 2.05) is 30.3 Å². The summed E-state index contributed by atoms with van der Waals surface area (Å²) < 4.78 is 5.68. The highest BCUT2D eigenvalue weighted by Crippen LogP contribution is 2.36. The molecule has 0 bridgehead atoms. The topological polar surface area (TPSA) is 75.3 Å². The number of rotatable bonds is 11. The van der Waals surface area contributed by atoms with Crippen LogP contribution >= 0.6 is 11.6 Å². The van der Waals surface area contributed by atoms with E-state index in [4.69, 9.17) is 16.3 Å². The molecule has 1 heterocycles. The van der Waals surface area contributed by atoms with Crippen molar-refractivity contribution >= 4 is 34.7 Å². The Morgan fingerprint density at radius 1 is 1.12 bits per heavy atom. The first kappa shape index (κ1) is 25.9. The van der Waals surface area contributed by atoms with Crippen LogP contribution in [0.4, 0.5) is 17.2 Å². The monoisotopic (exact) mass is 460 g/mol. The van der Waals surface area contributed by atoms with E-state index in [2.05, 4.69) is 55.6 Å². The average molecular weight is 461 g/mol. The van der Waals surface area contributed by atoms with E-state index in [1.54, 1.807) is 13.1 Å². The average Bonchev–Trinajstić information content (AvgIpc) is 2.68. The number of hydrogen-bond acceptors (Lipinski definition) is 5. The highest BCUT2D eigenvalue weighted by atomic mass is 35.5. The summed E-state index contributed by atoms with van der Waals surface area (Å²) in [7, 11) is 1.79. The molecule has 2 aromatic rings. The van der Waals surface area contributed by atoms with Gasteiger partial charge < -0.3 is 20.7 Å². The van der Waals surface area contributed by atoms with Crippen LogP contribution in [0, 0.1) is 5.41 Å². The maximum atomic E-state index is 12.7. The van der Waals surface area contributed by atoms with Crippen molar-refractivity contribution in [3.63, 3.8) is 0 Å². The van der Waals surface area contributed by atoms with Crippen LogP contribution in [0.15, 0.2) is 36.4 Å². The normalized spacial score (nSPS) is 11.8. The fourth-order valence-corrected chi connectivity index (χ4v) is 4.11. The lowest BCUT2D eigenvalue weighted by molar-refractivity contribution is -0.116. The van der Waals surface area contributed by atoms with Crippen molar-refractivity contribution in [2.75, 3.05) is 29.6 Å². The Bertz CT molecular complexity index is 880. The molecule has 0 spiro atoms. The van der Waals surface area contributed by atoms with Gasteiger partial charge in [-0.3, -0.25) is 4.79 Å². The minimum absolute atomic E-state index is 0.0920. The Morgan fingerprint density at radius 3 is 2.44 bits per heavy atom. The summed E-state index contributed by atoms with van der Waals surface area (Å²) in [5.41, 5.74) is 2.33. The van der Waals surface area contributed by atoms with Gasteiger partial charge in [0.2, 0.25) is 5.91 Å². The summed E-state index contributed by atoms with van der Waals surface area (Å²) in [6.07, 6.45) is 1.90. The van der Waals surface area contributed by atoms with E-state index in [9.17, 15) is 4.79 Å². The quantitative estimate of drug-likeness (QED) is 0.269. The molecule has 0 aliphatic rings. The molecule has 2 rings (SSSR count). The van der Waals surface area contributed by atoms with Crippen molar-refractivity contribution < 1.29 is 9.53 Å². The maximum absolute atomic E-state index is 12.7. The van der Waals surface area contributed by atoms with E-state index in [0.717, 1.165) is 12.0 Å².